The summed E-state index contributed by atoms with van der Waals surface area (Å²) in [7, 11) is 2.10. The number of carbonyl (C=O) groups excluding carboxylic acids is 1. The van der Waals surface area contributed by atoms with E-state index < -0.39 is 0 Å². The van der Waals surface area contributed by atoms with Crippen molar-refractivity contribution in [3.63, 3.8) is 0 Å². The maximum absolute atomic E-state index is 12.8. The van der Waals surface area contributed by atoms with Crippen LogP contribution in [-0.4, -0.2) is 65.2 Å². The van der Waals surface area contributed by atoms with E-state index in [0.717, 1.165) is 50.3 Å². The summed E-state index contributed by atoms with van der Waals surface area (Å²) >= 11 is 0. The van der Waals surface area contributed by atoms with Gasteiger partial charge in [-0.1, -0.05) is 0 Å². The average molecular weight is 292 g/mol. The first-order valence-electron chi connectivity index (χ1n) is 7.76. The quantitative estimate of drug-likeness (QED) is 0.845. The Labute approximate surface area is 125 Å². The van der Waals surface area contributed by atoms with Crippen LogP contribution in [0, 0.1) is 0 Å². The molecule has 1 N–H and O–H groups in total. The van der Waals surface area contributed by atoms with Gasteiger partial charge in [0.15, 0.2) is 5.69 Å². The smallest absolute Gasteiger partial charge is 0.274 e. The Morgan fingerprint density at radius 2 is 2.10 bits per heavy atom. The van der Waals surface area contributed by atoms with E-state index in [9.17, 15) is 4.79 Å². The molecule has 0 aromatic carbocycles. The first-order chi connectivity index (χ1) is 10.1. The third kappa shape index (κ3) is 2.82. The summed E-state index contributed by atoms with van der Waals surface area (Å²) in [6.45, 7) is 7.60. The second-order valence-electron chi connectivity index (χ2n) is 6.21. The SMILES string of the molecule is C[C@@H]1Cc2c(C(=O)N3CCCN(C)CC3)n[nH]c2[C@H](C)O1. The van der Waals surface area contributed by atoms with Crippen LogP contribution in [-0.2, 0) is 11.2 Å². The summed E-state index contributed by atoms with van der Waals surface area (Å²) in [6, 6.07) is 0. The molecule has 21 heavy (non-hydrogen) atoms. The van der Waals surface area contributed by atoms with E-state index in [1.807, 2.05) is 18.7 Å². The van der Waals surface area contributed by atoms with Gasteiger partial charge in [0.1, 0.15) is 0 Å². The number of hydrogen-bond acceptors (Lipinski definition) is 4. The third-order valence-corrected chi connectivity index (χ3v) is 4.44. The van der Waals surface area contributed by atoms with E-state index in [1.54, 1.807) is 0 Å². The number of likely N-dealkylation sites (N-methyl/N-ethyl adjacent to an activating group) is 1. The van der Waals surface area contributed by atoms with Crippen LogP contribution in [0.15, 0.2) is 0 Å². The molecule has 1 saturated heterocycles. The number of H-pyrrole nitrogens is 1. The fraction of sp³-hybridized carbons (Fsp3) is 0.733. The lowest BCUT2D eigenvalue weighted by atomic mass is 9.99. The van der Waals surface area contributed by atoms with Gasteiger partial charge < -0.3 is 14.5 Å². The minimum absolute atomic E-state index is 0.0203. The van der Waals surface area contributed by atoms with E-state index >= 15 is 0 Å². The number of ether oxygens (including phenoxy) is 1. The van der Waals surface area contributed by atoms with Gasteiger partial charge in [-0.15, -0.1) is 0 Å². The van der Waals surface area contributed by atoms with E-state index in [-0.39, 0.29) is 18.1 Å². The zero-order chi connectivity index (χ0) is 15.0. The molecule has 1 aromatic heterocycles. The van der Waals surface area contributed by atoms with E-state index in [2.05, 4.69) is 22.1 Å². The Balaban J connectivity index is 1.82. The highest BCUT2D eigenvalue weighted by atomic mass is 16.5. The van der Waals surface area contributed by atoms with Gasteiger partial charge in [0, 0.05) is 31.6 Å². The topological polar surface area (TPSA) is 61.5 Å². The van der Waals surface area contributed by atoms with Gasteiger partial charge >= 0.3 is 0 Å². The number of fused-ring (bicyclic) bond motifs is 1. The highest BCUT2D eigenvalue weighted by Gasteiger charge is 2.31. The van der Waals surface area contributed by atoms with E-state index in [1.165, 1.54) is 0 Å². The zero-order valence-electron chi connectivity index (χ0n) is 13.1. The minimum atomic E-state index is -0.0203. The predicted octanol–water partition coefficient (Wildman–Crippen LogP) is 1.21. The molecule has 1 aromatic rings. The maximum atomic E-state index is 12.8. The summed E-state index contributed by atoms with van der Waals surface area (Å²) in [4.78, 5) is 17.0. The van der Waals surface area contributed by atoms with Gasteiger partial charge in [0.05, 0.1) is 17.9 Å². The molecule has 2 aliphatic rings. The molecule has 2 aliphatic heterocycles. The van der Waals surface area contributed by atoms with Crippen molar-refractivity contribution in [2.24, 2.45) is 0 Å². The maximum Gasteiger partial charge on any atom is 0.274 e. The number of aromatic amines is 1. The predicted molar refractivity (Wildman–Crippen MR) is 79.3 cm³/mol. The standard InChI is InChI=1S/C15H24N4O2/c1-10-9-12-13(11(2)21-10)16-17-14(12)15(20)19-6-4-5-18(3)7-8-19/h10-11H,4-9H2,1-3H3,(H,16,17)/t10-,11+/m1/s1. The van der Waals surface area contributed by atoms with Gasteiger partial charge in [-0.05, 0) is 33.9 Å². The lowest BCUT2D eigenvalue weighted by Crippen LogP contribution is -2.35. The van der Waals surface area contributed by atoms with Crippen LogP contribution in [0.25, 0.3) is 0 Å². The van der Waals surface area contributed by atoms with Crippen LogP contribution >= 0.6 is 0 Å². The van der Waals surface area contributed by atoms with Crippen molar-refractivity contribution in [1.29, 1.82) is 0 Å². The number of amides is 1. The number of nitrogens with zero attached hydrogens (tertiary/aromatic N) is 3. The summed E-state index contributed by atoms with van der Waals surface area (Å²) < 4.78 is 5.78. The highest BCUT2D eigenvalue weighted by Crippen LogP contribution is 2.30. The highest BCUT2D eigenvalue weighted by molar-refractivity contribution is 5.94. The zero-order valence-corrected chi connectivity index (χ0v) is 13.1. The van der Waals surface area contributed by atoms with Crippen molar-refractivity contribution in [2.45, 2.75) is 38.9 Å². The first kappa shape index (κ1) is 14.5. The third-order valence-electron chi connectivity index (χ3n) is 4.44. The lowest BCUT2D eigenvalue weighted by molar-refractivity contribution is -0.00701. The molecular weight excluding hydrogens is 268 g/mol. The molecule has 0 saturated carbocycles. The van der Waals surface area contributed by atoms with Crippen molar-refractivity contribution in [3.05, 3.63) is 17.0 Å². The van der Waals surface area contributed by atoms with Gasteiger partial charge in [-0.2, -0.15) is 5.10 Å². The second-order valence-corrected chi connectivity index (χ2v) is 6.21. The van der Waals surface area contributed by atoms with Crippen molar-refractivity contribution < 1.29 is 9.53 Å². The summed E-state index contributed by atoms with van der Waals surface area (Å²) in [5, 5.41) is 7.31. The van der Waals surface area contributed by atoms with Crippen molar-refractivity contribution in [1.82, 2.24) is 20.0 Å². The Hall–Kier alpha value is -1.40. The van der Waals surface area contributed by atoms with Gasteiger partial charge in [-0.3, -0.25) is 9.89 Å². The molecule has 6 heteroatoms. The molecule has 0 unspecified atom stereocenters. The van der Waals surface area contributed by atoms with E-state index in [4.69, 9.17) is 4.74 Å². The lowest BCUT2D eigenvalue weighted by Gasteiger charge is -2.26. The molecule has 116 valence electrons. The second kappa shape index (κ2) is 5.77. The molecule has 0 spiro atoms. The summed E-state index contributed by atoms with van der Waals surface area (Å²) in [6.07, 6.45) is 1.88. The molecular formula is C15H24N4O2. The molecule has 3 heterocycles. The monoisotopic (exact) mass is 292 g/mol. The number of rotatable bonds is 1. The molecule has 0 radical (unpaired) electrons. The fourth-order valence-electron chi connectivity index (χ4n) is 3.25. The minimum Gasteiger partial charge on any atom is -0.369 e. The fourth-order valence-corrected chi connectivity index (χ4v) is 3.25. The van der Waals surface area contributed by atoms with Crippen LogP contribution in [0.3, 0.4) is 0 Å². The normalized spacial score (nSPS) is 27.3. The molecule has 1 amide bonds. The number of carbonyl (C=O) groups is 1. The van der Waals surface area contributed by atoms with Crippen LogP contribution < -0.4 is 0 Å². The first-order valence-corrected chi connectivity index (χ1v) is 7.76. The van der Waals surface area contributed by atoms with Crippen LogP contribution in [0.2, 0.25) is 0 Å². The molecule has 0 bridgehead atoms. The summed E-state index contributed by atoms with van der Waals surface area (Å²) in [5.41, 5.74) is 2.60. The van der Waals surface area contributed by atoms with Gasteiger partial charge in [0.2, 0.25) is 0 Å². The molecule has 6 nitrogen and oxygen atoms in total. The number of hydrogen-bond donors (Lipinski definition) is 1. The average Bonchev–Trinajstić information content (AvgIpc) is 2.73. The Morgan fingerprint density at radius 3 is 2.90 bits per heavy atom. The number of aromatic nitrogens is 2. The molecule has 1 fully saturated rings. The van der Waals surface area contributed by atoms with Crippen molar-refractivity contribution >= 4 is 5.91 Å². The van der Waals surface area contributed by atoms with Crippen LogP contribution in [0.5, 0.6) is 0 Å². The van der Waals surface area contributed by atoms with Crippen LogP contribution in [0.1, 0.15) is 48.1 Å². The molecule has 0 aliphatic carbocycles. The molecule has 2 atom stereocenters. The number of nitrogens with one attached hydrogen (secondary N) is 1. The van der Waals surface area contributed by atoms with Gasteiger partial charge in [-0.25, -0.2) is 0 Å². The Morgan fingerprint density at radius 1 is 1.29 bits per heavy atom. The Bertz CT molecular complexity index is 528. The molecule has 3 rings (SSSR count). The largest absolute Gasteiger partial charge is 0.369 e. The van der Waals surface area contributed by atoms with Crippen molar-refractivity contribution in [2.75, 3.05) is 33.2 Å². The van der Waals surface area contributed by atoms with Crippen molar-refractivity contribution in [3.8, 4) is 0 Å². The van der Waals surface area contributed by atoms with E-state index in [0.29, 0.717) is 5.69 Å². The van der Waals surface area contributed by atoms with Crippen LogP contribution in [0.4, 0.5) is 0 Å². The van der Waals surface area contributed by atoms with Gasteiger partial charge in [0.25, 0.3) is 5.91 Å². The summed E-state index contributed by atoms with van der Waals surface area (Å²) in [5.74, 6) is 0.0594. The Kier molecular flexibility index (Phi) is 3.99.